The molecule has 0 saturated heterocycles. The lowest BCUT2D eigenvalue weighted by Crippen LogP contribution is -2.19. The Labute approximate surface area is 176 Å². The van der Waals surface area contributed by atoms with Crippen LogP contribution in [0.2, 0.25) is 0 Å². The van der Waals surface area contributed by atoms with Crippen molar-refractivity contribution in [2.75, 3.05) is 6.61 Å². The molecule has 4 nitrogen and oxygen atoms in total. The number of nitrogens with zero attached hydrogens (tertiary/aromatic N) is 2. The molecule has 1 aromatic heterocycles. The van der Waals surface area contributed by atoms with Gasteiger partial charge in [0.2, 0.25) is 0 Å². The van der Waals surface area contributed by atoms with Gasteiger partial charge in [-0.25, -0.2) is 9.78 Å². The molecule has 0 bridgehead atoms. The zero-order chi connectivity index (χ0) is 21.3. The maximum Gasteiger partial charge on any atom is 0.358 e. The molecule has 0 saturated carbocycles. The first-order valence-corrected chi connectivity index (χ1v) is 10.9. The second-order valence-electron chi connectivity index (χ2n) is 8.68. The number of unbranched alkanes of at least 4 members (excludes halogenated alkanes) is 3. The molecule has 0 radical (unpaired) electrons. The van der Waals surface area contributed by atoms with Gasteiger partial charge >= 0.3 is 5.97 Å². The highest BCUT2D eigenvalue weighted by atomic mass is 16.5. The summed E-state index contributed by atoms with van der Waals surface area (Å²) in [6.07, 6.45) is 17.5. The Morgan fingerprint density at radius 2 is 2.00 bits per heavy atom. The third kappa shape index (κ3) is 7.26. The Bertz CT molecular complexity index is 771. The Morgan fingerprint density at radius 3 is 2.66 bits per heavy atom. The summed E-state index contributed by atoms with van der Waals surface area (Å²) in [6, 6.07) is 0. The molecule has 1 aliphatic carbocycles. The molecule has 1 aliphatic rings. The molecule has 0 N–H and O–H groups in total. The van der Waals surface area contributed by atoms with Crippen molar-refractivity contribution in [3.63, 3.8) is 0 Å². The molecule has 29 heavy (non-hydrogen) atoms. The molecular formula is C25H36N2O2. The van der Waals surface area contributed by atoms with Gasteiger partial charge in [0.05, 0.1) is 24.7 Å². The van der Waals surface area contributed by atoms with Crippen LogP contribution in [0.3, 0.4) is 0 Å². The van der Waals surface area contributed by atoms with Crippen molar-refractivity contribution in [2.45, 2.75) is 79.6 Å². The van der Waals surface area contributed by atoms with Crippen LogP contribution in [0.4, 0.5) is 0 Å². The molecule has 0 amide bonds. The summed E-state index contributed by atoms with van der Waals surface area (Å²) in [5.74, 6) is -0.400. The maximum absolute atomic E-state index is 12.0. The molecule has 2 rings (SSSR count). The average Bonchev–Trinajstić information content (AvgIpc) is 2.67. The van der Waals surface area contributed by atoms with Crippen LogP contribution in [0, 0.1) is 5.41 Å². The van der Waals surface area contributed by atoms with Crippen LogP contribution in [0.5, 0.6) is 0 Å². The lowest BCUT2D eigenvalue weighted by molar-refractivity contribution is 0.0490. The monoisotopic (exact) mass is 396 g/mol. The minimum Gasteiger partial charge on any atom is -0.461 e. The zero-order valence-electron chi connectivity index (χ0n) is 18.8. The largest absolute Gasteiger partial charge is 0.461 e. The number of hydrogen-bond donors (Lipinski definition) is 0. The van der Waals surface area contributed by atoms with E-state index in [0.29, 0.717) is 6.61 Å². The predicted molar refractivity (Wildman–Crippen MR) is 120 cm³/mol. The van der Waals surface area contributed by atoms with E-state index in [1.54, 1.807) is 6.20 Å². The van der Waals surface area contributed by atoms with Crippen LogP contribution in [0.1, 0.15) is 95.7 Å². The third-order valence-electron chi connectivity index (χ3n) is 5.54. The summed E-state index contributed by atoms with van der Waals surface area (Å²) in [5.41, 5.74) is 5.27. The topological polar surface area (TPSA) is 52.1 Å². The van der Waals surface area contributed by atoms with Crippen molar-refractivity contribution in [3.05, 3.63) is 52.7 Å². The number of carbonyl (C=O) groups is 1. The number of hydrogen-bond acceptors (Lipinski definition) is 4. The number of esters is 1. The molecule has 0 spiro atoms. The fourth-order valence-corrected chi connectivity index (χ4v) is 3.79. The van der Waals surface area contributed by atoms with E-state index < -0.39 is 5.97 Å². The van der Waals surface area contributed by atoms with Gasteiger partial charge in [0, 0.05) is 0 Å². The van der Waals surface area contributed by atoms with Crippen LogP contribution in [0.15, 0.2) is 41.3 Å². The molecule has 1 heterocycles. The van der Waals surface area contributed by atoms with Gasteiger partial charge in [-0.2, -0.15) is 0 Å². The van der Waals surface area contributed by atoms with Crippen molar-refractivity contribution < 1.29 is 9.53 Å². The molecule has 0 unspecified atom stereocenters. The Hall–Kier alpha value is -2.23. The Morgan fingerprint density at radius 1 is 1.21 bits per heavy atom. The third-order valence-corrected chi connectivity index (χ3v) is 5.54. The zero-order valence-corrected chi connectivity index (χ0v) is 18.8. The van der Waals surface area contributed by atoms with Crippen molar-refractivity contribution in [2.24, 2.45) is 5.41 Å². The van der Waals surface area contributed by atoms with Crippen LogP contribution >= 0.6 is 0 Å². The highest BCUT2D eigenvalue weighted by molar-refractivity contribution is 5.86. The van der Waals surface area contributed by atoms with Gasteiger partial charge in [0.1, 0.15) is 0 Å². The number of carbonyl (C=O) groups excluding carboxylic acids is 1. The SMILES string of the molecule is CCCCCCOC(=O)c1cnc(/C=C(\C)C=CC2=C(C)CCCC2(C)C)cn1. The van der Waals surface area contributed by atoms with E-state index >= 15 is 0 Å². The van der Waals surface area contributed by atoms with Gasteiger partial charge in [-0.3, -0.25) is 4.98 Å². The summed E-state index contributed by atoms with van der Waals surface area (Å²) in [6.45, 7) is 11.5. The first kappa shape index (κ1) is 23.1. The van der Waals surface area contributed by atoms with Crippen molar-refractivity contribution in [3.8, 4) is 0 Å². The summed E-state index contributed by atoms with van der Waals surface area (Å²) < 4.78 is 5.26. The number of allylic oxidation sites excluding steroid dienone is 5. The molecule has 0 atom stereocenters. The summed E-state index contributed by atoms with van der Waals surface area (Å²) >= 11 is 0. The van der Waals surface area contributed by atoms with Gasteiger partial charge in [0.25, 0.3) is 0 Å². The van der Waals surface area contributed by atoms with Crippen LogP contribution in [-0.4, -0.2) is 22.5 Å². The van der Waals surface area contributed by atoms with Gasteiger partial charge in [-0.1, -0.05) is 57.8 Å². The predicted octanol–water partition coefficient (Wildman–Crippen LogP) is 6.70. The Kier molecular flexibility index (Phi) is 8.81. The van der Waals surface area contributed by atoms with Crippen molar-refractivity contribution in [1.29, 1.82) is 0 Å². The Balaban J connectivity index is 1.95. The first-order valence-electron chi connectivity index (χ1n) is 10.9. The smallest absolute Gasteiger partial charge is 0.358 e. The lowest BCUT2D eigenvalue weighted by Gasteiger charge is -2.32. The fourth-order valence-electron chi connectivity index (χ4n) is 3.79. The first-order chi connectivity index (χ1) is 13.8. The van der Waals surface area contributed by atoms with E-state index in [1.807, 2.05) is 6.08 Å². The second-order valence-corrected chi connectivity index (χ2v) is 8.68. The van der Waals surface area contributed by atoms with Gasteiger partial charge in [0.15, 0.2) is 5.69 Å². The van der Waals surface area contributed by atoms with Crippen LogP contribution in [0.25, 0.3) is 6.08 Å². The average molecular weight is 397 g/mol. The van der Waals surface area contributed by atoms with E-state index in [2.05, 4.69) is 56.7 Å². The summed E-state index contributed by atoms with van der Waals surface area (Å²) in [7, 11) is 0. The molecule has 0 aliphatic heterocycles. The minimum atomic E-state index is -0.400. The van der Waals surface area contributed by atoms with Crippen molar-refractivity contribution >= 4 is 12.0 Å². The highest BCUT2D eigenvalue weighted by Gasteiger charge is 2.26. The van der Waals surface area contributed by atoms with E-state index in [0.717, 1.165) is 30.5 Å². The molecule has 1 aromatic rings. The number of rotatable bonds is 9. The standard InChI is InChI=1S/C25H36N2O2/c1-6-7-8-9-15-29-24(28)23-18-26-21(17-27-23)16-19(2)12-13-22-20(3)11-10-14-25(22,4)5/h12-13,16-18H,6-11,14-15H2,1-5H3/b13-12?,19-16+. The molecule has 0 aromatic carbocycles. The van der Waals surface area contributed by atoms with Gasteiger partial charge < -0.3 is 4.74 Å². The fraction of sp³-hybridized carbons (Fsp3) is 0.560. The lowest BCUT2D eigenvalue weighted by atomic mass is 9.72. The molecule has 158 valence electrons. The molecule has 0 fully saturated rings. The van der Waals surface area contributed by atoms with Crippen LogP contribution in [-0.2, 0) is 4.74 Å². The van der Waals surface area contributed by atoms with Crippen LogP contribution < -0.4 is 0 Å². The van der Waals surface area contributed by atoms with E-state index in [-0.39, 0.29) is 11.1 Å². The second kappa shape index (κ2) is 11.1. The summed E-state index contributed by atoms with van der Waals surface area (Å²) in [4.78, 5) is 20.6. The van der Waals surface area contributed by atoms with Gasteiger partial charge in [-0.05, 0) is 62.2 Å². The summed E-state index contributed by atoms with van der Waals surface area (Å²) in [5, 5.41) is 0. The minimum absolute atomic E-state index is 0.234. The molecule has 4 heteroatoms. The number of ether oxygens (including phenoxy) is 1. The maximum atomic E-state index is 12.0. The van der Waals surface area contributed by atoms with Crippen molar-refractivity contribution in [1.82, 2.24) is 9.97 Å². The van der Waals surface area contributed by atoms with E-state index in [1.165, 1.54) is 43.0 Å². The highest BCUT2D eigenvalue weighted by Crippen LogP contribution is 2.40. The van der Waals surface area contributed by atoms with E-state index in [9.17, 15) is 4.79 Å². The number of aromatic nitrogens is 2. The normalized spacial score (nSPS) is 17.1. The quantitative estimate of drug-likeness (QED) is 0.265. The van der Waals surface area contributed by atoms with E-state index in [4.69, 9.17) is 4.74 Å². The molecular weight excluding hydrogens is 360 g/mol. The van der Waals surface area contributed by atoms with Gasteiger partial charge in [-0.15, -0.1) is 0 Å².